The van der Waals surface area contributed by atoms with Crippen molar-refractivity contribution in [3.8, 4) is 0 Å². The lowest BCUT2D eigenvalue weighted by Crippen LogP contribution is -2.44. The predicted molar refractivity (Wildman–Crippen MR) is 77.0 cm³/mol. The second kappa shape index (κ2) is 9.08. The first-order valence-electron chi connectivity index (χ1n) is 6.22. The minimum absolute atomic E-state index is 0.00534. The standard InChI is InChI=1S/C12H25N3O2S/c1-5-6-10(11(13)14-17)12(16)15(3)9(2)7-8-18-4/h9-10,17H,5-8H2,1-4H3,(H2,13,14). The number of carbonyl (C=O) groups is 1. The molecule has 3 N–H and O–H groups in total. The molecule has 1 amide bonds. The summed E-state index contributed by atoms with van der Waals surface area (Å²) in [4.78, 5) is 14.0. The first kappa shape index (κ1) is 17.1. The third kappa shape index (κ3) is 5.16. The number of amidine groups is 1. The Bertz CT molecular complexity index is 284. The van der Waals surface area contributed by atoms with Crippen LogP contribution < -0.4 is 5.73 Å². The lowest BCUT2D eigenvalue weighted by molar-refractivity contribution is -0.134. The summed E-state index contributed by atoms with van der Waals surface area (Å²) in [7, 11) is 1.78. The molecule has 0 aliphatic heterocycles. The number of oxime groups is 1. The average Bonchev–Trinajstić information content (AvgIpc) is 2.39. The SMILES string of the molecule is CCCC(C(=O)N(C)C(C)CCSC)C(N)=NO. The summed E-state index contributed by atoms with van der Waals surface area (Å²) in [5, 5.41) is 11.7. The maximum absolute atomic E-state index is 12.3. The topological polar surface area (TPSA) is 78.9 Å². The van der Waals surface area contributed by atoms with E-state index in [1.807, 2.05) is 20.1 Å². The summed E-state index contributed by atoms with van der Waals surface area (Å²) >= 11 is 1.76. The van der Waals surface area contributed by atoms with Gasteiger partial charge in [-0.05, 0) is 31.8 Å². The van der Waals surface area contributed by atoms with Gasteiger partial charge < -0.3 is 15.8 Å². The van der Waals surface area contributed by atoms with Crippen LogP contribution in [-0.2, 0) is 4.79 Å². The minimum Gasteiger partial charge on any atom is -0.409 e. The van der Waals surface area contributed by atoms with Crippen LogP contribution in [0.2, 0.25) is 0 Å². The maximum Gasteiger partial charge on any atom is 0.233 e. The molecule has 0 aromatic carbocycles. The van der Waals surface area contributed by atoms with Crippen LogP contribution in [0.3, 0.4) is 0 Å². The quantitative estimate of drug-likeness (QED) is 0.306. The number of nitrogens with two attached hydrogens (primary N) is 1. The van der Waals surface area contributed by atoms with E-state index in [0.29, 0.717) is 6.42 Å². The van der Waals surface area contributed by atoms with Gasteiger partial charge in [-0.25, -0.2) is 0 Å². The van der Waals surface area contributed by atoms with Gasteiger partial charge in [0.1, 0.15) is 0 Å². The van der Waals surface area contributed by atoms with E-state index in [1.54, 1.807) is 23.7 Å². The Hall–Kier alpha value is -0.910. The van der Waals surface area contributed by atoms with Gasteiger partial charge in [0.2, 0.25) is 5.91 Å². The normalized spacial score (nSPS) is 15.2. The van der Waals surface area contributed by atoms with E-state index in [-0.39, 0.29) is 17.8 Å². The first-order chi connectivity index (χ1) is 8.49. The Morgan fingerprint density at radius 2 is 2.11 bits per heavy atom. The van der Waals surface area contributed by atoms with Crippen molar-refractivity contribution in [1.29, 1.82) is 0 Å². The summed E-state index contributed by atoms with van der Waals surface area (Å²) in [5.41, 5.74) is 5.59. The van der Waals surface area contributed by atoms with Crippen LogP contribution in [0, 0.1) is 5.92 Å². The second-order valence-electron chi connectivity index (χ2n) is 4.45. The van der Waals surface area contributed by atoms with Gasteiger partial charge in [-0.3, -0.25) is 4.79 Å². The Morgan fingerprint density at radius 3 is 2.56 bits per heavy atom. The van der Waals surface area contributed by atoms with Gasteiger partial charge in [0.05, 0.1) is 5.92 Å². The molecule has 0 bridgehead atoms. The summed E-state index contributed by atoms with van der Waals surface area (Å²) in [6.45, 7) is 3.99. The number of nitrogens with zero attached hydrogens (tertiary/aromatic N) is 2. The number of hydrogen-bond acceptors (Lipinski definition) is 4. The molecule has 0 heterocycles. The molecule has 0 saturated heterocycles. The average molecular weight is 275 g/mol. The molecular formula is C12H25N3O2S. The zero-order valence-corrected chi connectivity index (χ0v) is 12.5. The van der Waals surface area contributed by atoms with Crippen LogP contribution in [0.15, 0.2) is 5.16 Å². The van der Waals surface area contributed by atoms with Gasteiger partial charge >= 0.3 is 0 Å². The zero-order chi connectivity index (χ0) is 14.1. The summed E-state index contributed by atoms with van der Waals surface area (Å²) in [6.07, 6.45) is 4.41. The van der Waals surface area contributed by atoms with E-state index in [4.69, 9.17) is 10.9 Å². The molecule has 18 heavy (non-hydrogen) atoms. The fourth-order valence-corrected chi connectivity index (χ4v) is 2.28. The fraction of sp³-hybridized carbons (Fsp3) is 0.833. The van der Waals surface area contributed by atoms with E-state index in [2.05, 4.69) is 5.16 Å². The second-order valence-corrected chi connectivity index (χ2v) is 5.43. The molecule has 5 nitrogen and oxygen atoms in total. The molecule has 2 atom stereocenters. The number of carbonyl (C=O) groups excluding carboxylic acids is 1. The van der Waals surface area contributed by atoms with E-state index >= 15 is 0 Å². The highest BCUT2D eigenvalue weighted by Crippen LogP contribution is 2.14. The van der Waals surface area contributed by atoms with Gasteiger partial charge in [0.15, 0.2) is 5.84 Å². The summed E-state index contributed by atoms with van der Waals surface area (Å²) in [5.74, 6) is 0.439. The molecule has 0 aliphatic rings. The van der Waals surface area contributed by atoms with Crippen LogP contribution in [0.25, 0.3) is 0 Å². The van der Waals surface area contributed by atoms with Gasteiger partial charge in [0, 0.05) is 13.1 Å². The van der Waals surface area contributed by atoms with Crippen molar-refractivity contribution in [2.45, 2.75) is 39.2 Å². The molecule has 6 heteroatoms. The number of thioether (sulfide) groups is 1. The highest BCUT2D eigenvalue weighted by Gasteiger charge is 2.27. The van der Waals surface area contributed by atoms with Crippen molar-refractivity contribution in [2.75, 3.05) is 19.1 Å². The molecule has 0 aromatic rings. The first-order valence-corrected chi connectivity index (χ1v) is 7.61. The molecule has 0 aromatic heterocycles. The largest absolute Gasteiger partial charge is 0.409 e. The van der Waals surface area contributed by atoms with E-state index in [0.717, 1.165) is 18.6 Å². The molecule has 0 aliphatic carbocycles. The highest BCUT2D eigenvalue weighted by atomic mass is 32.2. The van der Waals surface area contributed by atoms with Gasteiger partial charge in [-0.1, -0.05) is 18.5 Å². The molecular weight excluding hydrogens is 250 g/mol. The lowest BCUT2D eigenvalue weighted by Gasteiger charge is -2.28. The van der Waals surface area contributed by atoms with Crippen molar-refractivity contribution in [3.63, 3.8) is 0 Å². The van der Waals surface area contributed by atoms with Crippen molar-refractivity contribution in [2.24, 2.45) is 16.8 Å². The van der Waals surface area contributed by atoms with Crippen LogP contribution in [0.1, 0.15) is 33.1 Å². The van der Waals surface area contributed by atoms with Crippen molar-refractivity contribution in [3.05, 3.63) is 0 Å². The van der Waals surface area contributed by atoms with Crippen LogP contribution in [0.5, 0.6) is 0 Å². The lowest BCUT2D eigenvalue weighted by atomic mass is 10.00. The van der Waals surface area contributed by atoms with Crippen molar-refractivity contribution in [1.82, 2.24) is 4.90 Å². The Balaban J connectivity index is 4.65. The Labute approximate surface area is 114 Å². The van der Waals surface area contributed by atoms with Crippen molar-refractivity contribution >= 4 is 23.5 Å². The summed E-state index contributed by atoms with van der Waals surface area (Å²) < 4.78 is 0. The van der Waals surface area contributed by atoms with Gasteiger partial charge in [-0.2, -0.15) is 11.8 Å². The molecule has 0 spiro atoms. The number of amides is 1. The molecule has 2 unspecified atom stereocenters. The van der Waals surface area contributed by atoms with E-state index in [1.165, 1.54) is 0 Å². The highest BCUT2D eigenvalue weighted by molar-refractivity contribution is 7.98. The van der Waals surface area contributed by atoms with Gasteiger partial charge in [-0.15, -0.1) is 0 Å². The molecule has 0 fully saturated rings. The molecule has 0 saturated carbocycles. The van der Waals surface area contributed by atoms with Crippen LogP contribution >= 0.6 is 11.8 Å². The van der Waals surface area contributed by atoms with Crippen molar-refractivity contribution < 1.29 is 10.0 Å². The number of rotatable bonds is 8. The van der Waals surface area contributed by atoms with E-state index < -0.39 is 5.92 Å². The number of hydrogen-bond donors (Lipinski definition) is 2. The Kier molecular flexibility index (Phi) is 8.62. The Morgan fingerprint density at radius 1 is 1.50 bits per heavy atom. The fourth-order valence-electron chi connectivity index (χ4n) is 1.70. The third-order valence-corrected chi connectivity index (χ3v) is 3.74. The zero-order valence-electron chi connectivity index (χ0n) is 11.7. The monoisotopic (exact) mass is 275 g/mol. The predicted octanol–water partition coefficient (Wildman–Crippen LogP) is 1.75. The van der Waals surface area contributed by atoms with Crippen LogP contribution in [0.4, 0.5) is 0 Å². The smallest absolute Gasteiger partial charge is 0.233 e. The van der Waals surface area contributed by atoms with Crippen LogP contribution in [-0.4, -0.2) is 46.9 Å². The minimum atomic E-state index is -0.512. The summed E-state index contributed by atoms with van der Waals surface area (Å²) in [6, 6.07) is 0.163. The molecule has 0 rings (SSSR count). The molecule has 0 radical (unpaired) electrons. The maximum atomic E-state index is 12.3. The molecule has 106 valence electrons. The third-order valence-electron chi connectivity index (χ3n) is 3.10. The van der Waals surface area contributed by atoms with E-state index in [9.17, 15) is 4.79 Å². The van der Waals surface area contributed by atoms with Gasteiger partial charge in [0.25, 0.3) is 0 Å².